The molecule has 2 heterocycles. The molecule has 1 aliphatic rings. The van der Waals surface area contributed by atoms with Crippen molar-refractivity contribution < 1.29 is 18.9 Å². The molecule has 1 aromatic rings. The number of nitrogens with zero attached hydrogens (tertiary/aromatic N) is 3. The molecule has 9 heteroatoms. The third-order valence-corrected chi connectivity index (χ3v) is 3.40. The summed E-state index contributed by atoms with van der Waals surface area (Å²) in [4.78, 5) is 40.6. The van der Waals surface area contributed by atoms with Crippen molar-refractivity contribution in [3.63, 3.8) is 0 Å². The fraction of sp³-hybridized carbons (Fsp3) is 0.643. The third kappa shape index (κ3) is 4.51. The van der Waals surface area contributed by atoms with Gasteiger partial charge in [-0.1, -0.05) is 19.0 Å². The van der Waals surface area contributed by atoms with Gasteiger partial charge in [0.25, 0.3) is 5.91 Å². The first-order valence-electron chi connectivity index (χ1n) is 7.59. The van der Waals surface area contributed by atoms with Crippen LogP contribution in [0.3, 0.4) is 0 Å². The van der Waals surface area contributed by atoms with Gasteiger partial charge in [0.1, 0.15) is 6.04 Å². The van der Waals surface area contributed by atoms with E-state index >= 15 is 0 Å². The van der Waals surface area contributed by atoms with Crippen molar-refractivity contribution in [3.8, 4) is 0 Å². The summed E-state index contributed by atoms with van der Waals surface area (Å²) in [7, 11) is 0. The van der Waals surface area contributed by atoms with Crippen molar-refractivity contribution in [2.24, 2.45) is 5.92 Å². The topological polar surface area (TPSA) is 117 Å². The Kier molecular flexibility index (Phi) is 5.30. The second kappa shape index (κ2) is 7.21. The first-order chi connectivity index (χ1) is 10.9. The molecule has 0 saturated carbocycles. The number of nitrogens with one attached hydrogen (secondary N) is 2. The predicted octanol–water partition coefficient (Wildman–Crippen LogP) is 0.215. The summed E-state index contributed by atoms with van der Waals surface area (Å²) < 4.78 is 5.14. The average Bonchev–Trinajstić information content (AvgIpc) is 3.02. The predicted molar refractivity (Wildman–Crippen MR) is 79.0 cm³/mol. The normalized spacial score (nSPS) is 17.3. The molecule has 0 aromatic carbocycles. The van der Waals surface area contributed by atoms with Gasteiger partial charge >= 0.3 is 6.03 Å². The molecule has 9 nitrogen and oxygen atoms in total. The maximum atomic E-state index is 12.3. The van der Waals surface area contributed by atoms with Crippen molar-refractivity contribution >= 4 is 17.8 Å². The minimum Gasteiger partial charge on any atom is -0.339 e. The third-order valence-electron chi connectivity index (χ3n) is 3.40. The number of urea groups is 1. The summed E-state index contributed by atoms with van der Waals surface area (Å²) in [5, 5.41) is 8.38. The maximum Gasteiger partial charge on any atom is 0.322 e. The van der Waals surface area contributed by atoms with E-state index in [2.05, 4.69) is 20.8 Å². The molecular weight excluding hydrogens is 302 g/mol. The molecule has 0 radical (unpaired) electrons. The molecule has 0 bridgehead atoms. The smallest absolute Gasteiger partial charge is 0.322 e. The SMILES string of the molecule is CCN(Cc1noc(CC(C)C)n1)C(=O)CC1NC(=O)NC1=O. The van der Waals surface area contributed by atoms with Crippen molar-refractivity contribution in [1.82, 2.24) is 25.7 Å². The molecule has 1 aliphatic heterocycles. The standard InChI is InChI=1S/C14H21N5O4/c1-4-19(7-10-16-11(23-18-10)5-8(2)3)12(20)6-9-13(21)17-14(22)15-9/h8-9H,4-7H2,1-3H3,(H2,15,17,21,22). The number of amides is 4. The molecule has 0 aliphatic carbocycles. The molecule has 0 spiro atoms. The van der Waals surface area contributed by atoms with Crippen LogP contribution < -0.4 is 10.6 Å². The Morgan fingerprint density at radius 3 is 2.70 bits per heavy atom. The highest BCUT2D eigenvalue weighted by Gasteiger charge is 2.32. The number of carbonyl (C=O) groups excluding carboxylic acids is 3. The van der Waals surface area contributed by atoms with Crippen LogP contribution >= 0.6 is 0 Å². The Morgan fingerprint density at radius 1 is 1.39 bits per heavy atom. The summed E-state index contributed by atoms with van der Waals surface area (Å²) in [6, 6.07) is -1.40. The Hall–Kier alpha value is -2.45. The maximum absolute atomic E-state index is 12.3. The van der Waals surface area contributed by atoms with Crippen molar-refractivity contribution in [2.45, 2.75) is 46.2 Å². The van der Waals surface area contributed by atoms with E-state index < -0.39 is 18.0 Å². The zero-order chi connectivity index (χ0) is 17.0. The first kappa shape index (κ1) is 16.9. The second-order valence-electron chi connectivity index (χ2n) is 5.83. The van der Waals surface area contributed by atoms with Gasteiger partial charge in [-0.25, -0.2) is 4.79 Å². The van der Waals surface area contributed by atoms with Crippen LogP contribution in [0.1, 0.15) is 38.9 Å². The van der Waals surface area contributed by atoms with Gasteiger partial charge in [-0.2, -0.15) is 4.98 Å². The highest BCUT2D eigenvalue weighted by molar-refractivity contribution is 6.05. The monoisotopic (exact) mass is 323 g/mol. The quantitative estimate of drug-likeness (QED) is 0.693. The van der Waals surface area contributed by atoms with E-state index in [-0.39, 0.29) is 18.9 Å². The van der Waals surface area contributed by atoms with Crippen LogP contribution in [-0.4, -0.2) is 45.5 Å². The Balaban J connectivity index is 1.93. The number of imide groups is 1. The lowest BCUT2D eigenvalue weighted by Crippen LogP contribution is -2.38. The number of aromatic nitrogens is 2. The molecule has 1 unspecified atom stereocenters. The van der Waals surface area contributed by atoms with Crippen LogP contribution in [-0.2, 0) is 22.6 Å². The summed E-state index contributed by atoms with van der Waals surface area (Å²) in [6.45, 7) is 6.56. The average molecular weight is 323 g/mol. The Morgan fingerprint density at radius 2 is 2.13 bits per heavy atom. The summed E-state index contributed by atoms with van der Waals surface area (Å²) in [5.41, 5.74) is 0. The Bertz CT molecular complexity index is 598. The van der Waals surface area contributed by atoms with Gasteiger partial charge in [0, 0.05) is 13.0 Å². The van der Waals surface area contributed by atoms with E-state index in [0.717, 1.165) is 0 Å². The van der Waals surface area contributed by atoms with Gasteiger partial charge in [0.05, 0.1) is 13.0 Å². The molecule has 1 atom stereocenters. The van der Waals surface area contributed by atoms with Crippen molar-refractivity contribution in [3.05, 3.63) is 11.7 Å². The van der Waals surface area contributed by atoms with E-state index in [9.17, 15) is 14.4 Å². The number of rotatable bonds is 7. The lowest BCUT2D eigenvalue weighted by atomic mass is 10.1. The minimum absolute atomic E-state index is 0.0951. The minimum atomic E-state index is -0.828. The van der Waals surface area contributed by atoms with E-state index in [0.29, 0.717) is 30.6 Å². The zero-order valence-corrected chi connectivity index (χ0v) is 13.5. The molecule has 1 saturated heterocycles. The zero-order valence-electron chi connectivity index (χ0n) is 13.5. The van der Waals surface area contributed by atoms with Crippen LogP contribution in [0.5, 0.6) is 0 Å². The molecule has 1 fully saturated rings. The van der Waals surface area contributed by atoms with Crippen molar-refractivity contribution in [1.29, 1.82) is 0 Å². The van der Waals surface area contributed by atoms with Gasteiger partial charge in [0.2, 0.25) is 11.8 Å². The number of hydrogen-bond donors (Lipinski definition) is 2. The summed E-state index contributed by atoms with van der Waals surface area (Å²) >= 11 is 0. The largest absolute Gasteiger partial charge is 0.339 e. The second-order valence-corrected chi connectivity index (χ2v) is 5.83. The fourth-order valence-electron chi connectivity index (χ4n) is 2.24. The summed E-state index contributed by atoms with van der Waals surface area (Å²) in [6.07, 6.45) is 0.587. The van der Waals surface area contributed by atoms with Crippen LogP contribution in [0, 0.1) is 5.92 Å². The van der Waals surface area contributed by atoms with Crippen molar-refractivity contribution in [2.75, 3.05) is 6.54 Å². The van der Waals surface area contributed by atoms with E-state index in [4.69, 9.17) is 4.52 Å². The molecule has 2 N–H and O–H groups in total. The van der Waals surface area contributed by atoms with Gasteiger partial charge < -0.3 is 14.7 Å². The van der Waals surface area contributed by atoms with Crippen LogP contribution in [0.2, 0.25) is 0 Å². The Labute approximate surface area is 133 Å². The van der Waals surface area contributed by atoms with E-state index in [1.807, 2.05) is 20.8 Å². The van der Waals surface area contributed by atoms with Crippen LogP contribution in [0.4, 0.5) is 4.79 Å². The molecular formula is C14H21N5O4. The number of carbonyl (C=O) groups is 3. The summed E-state index contributed by atoms with van der Waals surface area (Å²) in [5.74, 6) is 0.622. The lowest BCUT2D eigenvalue weighted by molar-refractivity contribution is -0.134. The molecule has 23 heavy (non-hydrogen) atoms. The van der Waals surface area contributed by atoms with Crippen LogP contribution in [0.15, 0.2) is 4.52 Å². The molecule has 1 aromatic heterocycles. The van der Waals surface area contributed by atoms with Gasteiger partial charge in [-0.05, 0) is 12.8 Å². The van der Waals surface area contributed by atoms with Gasteiger partial charge in [-0.3, -0.25) is 14.9 Å². The van der Waals surface area contributed by atoms with Gasteiger partial charge in [-0.15, -0.1) is 0 Å². The number of hydrogen-bond acceptors (Lipinski definition) is 6. The van der Waals surface area contributed by atoms with E-state index in [1.54, 1.807) is 0 Å². The fourth-order valence-corrected chi connectivity index (χ4v) is 2.24. The lowest BCUT2D eigenvalue weighted by Gasteiger charge is -2.20. The van der Waals surface area contributed by atoms with E-state index in [1.165, 1.54) is 4.90 Å². The molecule has 126 valence electrons. The van der Waals surface area contributed by atoms with Gasteiger partial charge in [0.15, 0.2) is 5.82 Å². The highest BCUT2D eigenvalue weighted by Crippen LogP contribution is 2.09. The molecule has 4 amide bonds. The highest BCUT2D eigenvalue weighted by atomic mass is 16.5. The first-order valence-corrected chi connectivity index (χ1v) is 7.59. The van der Waals surface area contributed by atoms with Crippen LogP contribution in [0.25, 0.3) is 0 Å². The molecule has 2 rings (SSSR count).